The molecule has 162 valence electrons. The number of nitrogens with one attached hydrogen (secondary N) is 2. The number of rotatable bonds is 9. The predicted molar refractivity (Wildman–Crippen MR) is 120 cm³/mol. The SMILES string of the molecule is CCNC(=O)COc1ccc(CNC(=NC)N(C)Cc2ccccc2Cl)cc1OC. The minimum absolute atomic E-state index is 0.0543. The van der Waals surface area contributed by atoms with Crippen LogP contribution >= 0.6 is 11.6 Å². The van der Waals surface area contributed by atoms with Gasteiger partial charge in [0.2, 0.25) is 0 Å². The molecular weight excluding hydrogens is 404 g/mol. The lowest BCUT2D eigenvalue weighted by Crippen LogP contribution is -2.38. The summed E-state index contributed by atoms with van der Waals surface area (Å²) in [5, 5.41) is 6.76. The van der Waals surface area contributed by atoms with Crippen molar-refractivity contribution >= 4 is 23.5 Å². The second kappa shape index (κ2) is 11.9. The molecule has 1 amide bonds. The van der Waals surface area contributed by atoms with Crippen LogP contribution in [0.15, 0.2) is 47.5 Å². The van der Waals surface area contributed by atoms with E-state index in [2.05, 4.69) is 15.6 Å². The van der Waals surface area contributed by atoms with E-state index in [1.165, 1.54) is 0 Å². The number of amides is 1. The lowest BCUT2D eigenvalue weighted by Gasteiger charge is -2.23. The molecule has 0 radical (unpaired) electrons. The standard InChI is InChI=1S/C22H29ClN4O3/c1-5-25-21(28)15-30-19-11-10-16(12-20(19)29-4)13-26-22(24-2)27(3)14-17-8-6-7-9-18(17)23/h6-12H,5,13-15H2,1-4H3,(H,24,26)(H,25,28). The largest absolute Gasteiger partial charge is 0.493 e. The van der Waals surface area contributed by atoms with Gasteiger partial charge in [-0.3, -0.25) is 9.79 Å². The second-order valence-corrected chi connectivity index (χ2v) is 6.98. The molecule has 0 aromatic heterocycles. The monoisotopic (exact) mass is 432 g/mol. The van der Waals surface area contributed by atoms with Crippen molar-refractivity contribution in [3.63, 3.8) is 0 Å². The number of carbonyl (C=O) groups excluding carboxylic acids is 1. The molecule has 0 saturated carbocycles. The molecule has 2 aromatic carbocycles. The van der Waals surface area contributed by atoms with Crippen molar-refractivity contribution in [1.82, 2.24) is 15.5 Å². The van der Waals surface area contributed by atoms with Crippen LogP contribution in [0.4, 0.5) is 0 Å². The van der Waals surface area contributed by atoms with Gasteiger partial charge < -0.3 is 25.0 Å². The fourth-order valence-electron chi connectivity index (χ4n) is 2.86. The Bertz CT molecular complexity index is 873. The molecule has 0 heterocycles. The molecule has 0 atom stereocenters. The lowest BCUT2D eigenvalue weighted by atomic mass is 10.2. The summed E-state index contributed by atoms with van der Waals surface area (Å²) >= 11 is 6.26. The van der Waals surface area contributed by atoms with E-state index in [1.54, 1.807) is 20.2 Å². The van der Waals surface area contributed by atoms with Gasteiger partial charge in [0.25, 0.3) is 5.91 Å². The number of guanidine groups is 1. The van der Waals surface area contributed by atoms with Gasteiger partial charge in [-0.25, -0.2) is 0 Å². The zero-order chi connectivity index (χ0) is 21.9. The Morgan fingerprint density at radius 1 is 1.17 bits per heavy atom. The lowest BCUT2D eigenvalue weighted by molar-refractivity contribution is -0.123. The fraction of sp³-hybridized carbons (Fsp3) is 0.364. The Kier molecular flexibility index (Phi) is 9.28. The summed E-state index contributed by atoms with van der Waals surface area (Å²) in [5.74, 6) is 1.66. The zero-order valence-electron chi connectivity index (χ0n) is 17.9. The van der Waals surface area contributed by atoms with Crippen LogP contribution in [-0.4, -0.2) is 51.1 Å². The average molecular weight is 433 g/mol. The fourth-order valence-corrected chi connectivity index (χ4v) is 3.05. The first-order chi connectivity index (χ1) is 14.5. The van der Waals surface area contributed by atoms with Crippen molar-refractivity contribution in [2.24, 2.45) is 4.99 Å². The first-order valence-corrected chi connectivity index (χ1v) is 10.1. The average Bonchev–Trinajstić information content (AvgIpc) is 2.74. The minimum atomic E-state index is -0.171. The number of nitrogens with zero attached hydrogens (tertiary/aromatic N) is 2. The third-order valence-corrected chi connectivity index (χ3v) is 4.72. The summed E-state index contributed by atoms with van der Waals surface area (Å²) < 4.78 is 11.0. The topological polar surface area (TPSA) is 75.2 Å². The molecule has 2 rings (SSSR count). The highest BCUT2D eigenvalue weighted by Crippen LogP contribution is 2.28. The van der Waals surface area contributed by atoms with Crippen molar-refractivity contribution in [1.29, 1.82) is 0 Å². The molecule has 7 nitrogen and oxygen atoms in total. The molecule has 0 fully saturated rings. The number of likely N-dealkylation sites (N-methyl/N-ethyl adjacent to an activating group) is 1. The van der Waals surface area contributed by atoms with Crippen molar-refractivity contribution in [2.45, 2.75) is 20.0 Å². The maximum absolute atomic E-state index is 11.6. The zero-order valence-corrected chi connectivity index (χ0v) is 18.6. The van der Waals surface area contributed by atoms with Crippen LogP contribution in [0, 0.1) is 0 Å². The summed E-state index contributed by atoms with van der Waals surface area (Å²) in [4.78, 5) is 17.9. The Morgan fingerprint density at radius 3 is 2.60 bits per heavy atom. The van der Waals surface area contributed by atoms with Gasteiger partial charge in [0, 0.05) is 38.8 Å². The highest BCUT2D eigenvalue weighted by Gasteiger charge is 2.11. The van der Waals surface area contributed by atoms with E-state index < -0.39 is 0 Å². The van der Waals surface area contributed by atoms with E-state index in [0.717, 1.165) is 22.1 Å². The molecule has 0 bridgehead atoms. The van der Waals surface area contributed by atoms with E-state index >= 15 is 0 Å². The number of hydrogen-bond acceptors (Lipinski definition) is 4. The highest BCUT2D eigenvalue weighted by molar-refractivity contribution is 6.31. The Hall–Kier alpha value is -2.93. The van der Waals surface area contributed by atoms with E-state index in [0.29, 0.717) is 31.1 Å². The van der Waals surface area contributed by atoms with Gasteiger partial charge in [-0.15, -0.1) is 0 Å². The molecule has 0 aliphatic rings. The normalized spacial score (nSPS) is 11.0. The van der Waals surface area contributed by atoms with Gasteiger partial charge in [0.1, 0.15) is 0 Å². The van der Waals surface area contributed by atoms with Crippen LogP contribution in [-0.2, 0) is 17.9 Å². The third-order valence-electron chi connectivity index (χ3n) is 4.35. The molecule has 8 heteroatoms. The van der Waals surface area contributed by atoms with Gasteiger partial charge in [0.05, 0.1) is 7.11 Å². The third kappa shape index (κ3) is 6.84. The molecule has 30 heavy (non-hydrogen) atoms. The number of benzene rings is 2. The molecule has 2 aromatic rings. The highest BCUT2D eigenvalue weighted by atomic mass is 35.5. The minimum Gasteiger partial charge on any atom is -0.493 e. The van der Waals surface area contributed by atoms with Crippen molar-refractivity contribution < 1.29 is 14.3 Å². The molecule has 0 aliphatic carbocycles. The maximum Gasteiger partial charge on any atom is 0.257 e. The molecule has 0 spiro atoms. The number of hydrogen-bond donors (Lipinski definition) is 2. The van der Waals surface area contributed by atoms with Crippen LogP contribution in [0.25, 0.3) is 0 Å². The number of ether oxygens (including phenoxy) is 2. The molecule has 0 unspecified atom stereocenters. The first kappa shape index (κ1) is 23.3. The van der Waals surface area contributed by atoms with Crippen molar-refractivity contribution in [3.05, 3.63) is 58.6 Å². The summed E-state index contributed by atoms with van der Waals surface area (Å²) in [5.41, 5.74) is 2.02. The number of aliphatic imine (C=N–C) groups is 1. The smallest absolute Gasteiger partial charge is 0.257 e. The summed E-state index contributed by atoms with van der Waals surface area (Å²) in [6.07, 6.45) is 0. The Morgan fingerprint density at radius 2 is 1.93 bits per heavy atom. The van der Waals surface area contributed by atoms with Crippen LogP contribution in [0.5, 0.6) is 11.5 Å². The van der Waals surface area contributed by atoms with Gasteiger partial charge in [0.15, 0.2) is 24.1 Å². The maximum atomic E-state index is 11.6. The van der Waals surface area contributed by atoms with Gasteiger partial charge >= 0.3 is 0 Å². The Balaban J connectivity index is 1.97. The van der Waals surface area contributed by atoms with Crippen LogP contribution in [0.2, 0.25) is 5.02 Å². The van der Waals surface area contributed by atoms with Gasteiger partial charge in [-0.1, -0.05) is 35.9 Å². The van der Waals surface area contributed by atoms with Gasteiger partial charge in [-0.2, -0.15) is 0 Å². The first-order valence-electron chi connectivity index (χ1n) is 9.70. The second-order valence-electron chi connectivity index (χ2n) is 6.58. The quantitative estimate of drug-likeness (QED) is 0.470. The van der Waals surface area contributed by atoms with Crippen LogP contribution in [0.3, 0.4) is 0 Å². The summed E-state index contributed by atoms with van der Waals surface area (Å²) in [7, 11) is 5.27. The summed E-state index contributed by atoms with van der Waals surface area (Å²) in [6.45, 7) is 3.55. The van der Waals surface area contributed by atoms with E-state index in [1.807, 2.05) is 55.3 Å². The van der Waals surface area contributed by atoms with Crippen LogP contribution < -0.4 is 20.1 Å². The van der Waals surface area contributed by atoms with Crippen LogP contribution in [0.1, 0.15) is 18.1 Å². The van der Waals surface area contributed by atoms with Gasteiger partial charge in [-0.05, 0) is 36.2 Å². The predicted octanol–water partition coefficient (Wildman–Crippen LogP) is 3.07. The molecule has 0 saturated heterocycles. The van der Waals surface area contributed by atoms with Crippen molar-refractivity contribution in [3.8, 4) is 11.5 Å². The van der Waals surface area contributed by atoms with E-state index in [9.17, 15) is 4.79 Å². The Labute approximate surface area is 183 Å². The molecule has 0 aliphatic heterocycles. The van der Waals surface area contributed by atoms with Crippen molar-refractivity contribution in [2.75, 3.05) is 34.4 Å². The summed E-state index contributed by atoms with van der Waals surface area (Å²) in [6, 6.07) is 13.3. The van der Waals surface area contributed by atoms with E-state index in [4.69, 9.17) is 21.1 Å². The molecular formula is C22H29ClN4O3. The molecule has 2 N–H and O–H groups in total. The number of methoxy groups -OCH3 is 1. The number of halogens is 1. The van der Waals surface area contributed by atoms with E-state index in [-0.39, 0.29) is 12.5 Å². The number of carbonyl (C=O) groups is 1.